The van der Waals surface area contributed by atoms with Crippen molar-refractivity contribution in [2.24, 2.45) is 0 Å². The SMILES string of the molecule is CCNCc1ccc(NS(=O)(=O)CCCC(F)(F)F)cc1. The van der Waals surface area contributed by atoms with Gasteiger partial charge in [-0.25, -0.2) is 8.42 Å². The van der Waals surface area contributed by atoms with Gasteiger partial charge in [-0.15, -0.1) is 0 Å². The average Bonchev–Trinajstić information content (AvgIpc) is 2.35. The summed E-state index contributed by atoms with van der Waals surface area (Å²) in [5.74, 6) is -0.550. The lowest BCUT2D eigenvalue weighted by Gasteiger charge is -2.10. The fourth-order valence-electron chi connectivity index (χ4n) is 1.65. The van der Waals surface area contributed by atoms with E-state index in [1.54, 1.807) is 24.3 Å². The molecule has 0 fully saturated rings. The number of anilines is 1. The largest absolute Gasteiger partial charge is 0.389 e. The second-order valence-electron chi connectivity index (χ2n) is 4.62. The van der Waals surface area contributed by atoms with Crippen LogP contribution in [0.15, 0.2) is 24.3 Å². The lowest BCUT2D eigenvalue weighted by atomic mass is 10.2. The normalized spacial score (nSPS) is 12.4. The maximum atomic E-state index is 12.0. The number of hydrogen-bond donors (Lipinski definition) is 2. The monoisotopic (exact) mass is 324 g/mol. The van der Waals surface area contributed by atoms with Gasteiger partial charge in [-0.2, -0.15) is 13.2 Å². The van der Waals surface area contributed by atoms with Crippen molar-refractivity contribution in [3.63, 3.8) is 0 Å². The van der Waals surface area contributed by atoms with Crippen LogP contribution in [0, 0.1) is 0 Å². The van der Waals surface area contributed by atoms with Gasteiger partial charge in [0, 0.05) is 18.7 Å². The molecule has 21 heavy (non-hydrogen) atoms. The standard InChI is InChI=1S/C13H19F3N2O2S/c1-2-17-10-11-4-6-12(7-5-11)18-21(19,20)9-3-8-13(14,15)16/h4-7,17-18H,2-3,8-10H2,1H3. The first-order valence-electron chi connectivity index (χ1n) is 6.59. The van der Waals surface area contributed by atoms with E-state index in [2.05, 4.69) is 10.0 Å². The van der Waals surface area contributed by atoms with Gasteiger partial charge in [-0.05, 0) is 30.7 Å². The predicted molar refractivity (Wildman–Crippen MR) is 76.5 cm³/mol. The van der Waals surface area contributed by atoms with Crippen molar-refractivity contribution in [2.75, 3.05) is 17.0 Å². The van der Waals surface area contributed by atoms with Crippen LogP contribution in [-0.4, -0.2) is 26.9 Å². The van der Waals surface area contributed by atoms with E-state index >= 15 is 0 Å². The minimum absolute atomic E-state index is 0.349. The van der Waals surface area contributed by atoms with E-state index in [0.717, 1.165) is 12.1 Å². The Morgan fingerprint density at radius 1 is 1.14 bits per heavy atom. The molecule has 0 bridgehead atoms. The molecule has 0 amide bonds. The quantitative estimate of drug-likeness (QED) is 0.773. The number of rotatable bonds is 8. The van der Waals surface area contributed by atoms with E-state index in [9.17, 15) is 21.6 Å². The molecule has 0 saturated carbocycles. The van der Waals surface area contributed by atoms with E-state index < -0.39 is 34.8 Å². The second kappa shape index (κ2) is 7.65. The first kappa shape index (κ1) is 17.8. The summed E-state index contributed by atoms with van der Waals surface area (Å²) in [6, 6.07) is 6.70. The van der Waals surface area contributed by atoms with E-state index in [1.165, 1.54) is 0 Å². The fraction of sp³-hybridized carbons (Fsp3) is 0.538. The lowest BCUT2D eigenvalue weighted by Crippen LogP contribution is -2.19. The van der Waals surface area contributed by atoms with Crippen LogP contribution in [0.25, 0.3) is 0 Å². The van der Waals surface area contributed by atoms with Gasteiger partial charge in [-0.1, -0.05) is 19.1 Å². The molecule has 120 valence electrons. The number of nitrogens with one attached hydrogen (secondary N) is 2. The topological polar surface area (TPSA) is 58.2 Å². The first-order chi connectivity index (χ1) is 9.72. The summed E-state index contributed by atoms with van der Waals surface area (Å²) in [6.45, 7) is 3.48. The molecule has 0 heterocycles. The number of hydrogen-bond acceptors (Lipinski definition) is 3. The highest BCUT2D eigenvalue weighted by Gasteiger charge is 2.27. The molecule has 0 atom stereocenters. The van der Waals surface area contributed by atoms with Crippen LogP contribution in [0.1, 0.15) is 25.3 Å². The second-order valence-corrected chi connectivity index (χ2v) is 6.46. The Morgan fingerprint density at radius 3 is 2.29 bits per heavy atom. The maximum Gasteiger partial charge on any atom is 0.389 e. The summed E-state index contributed by atoms with van der Waals surface area (Å²) >= 11 is 0. The number of benzene rings is 1. The Bertz CT molecular complexity index is 527. The Labute approximate surface area is 122 Å². The summed E-state index contributed by atoms with van der Waals surface area (Å²) in [5, 5.41) is 3.13. The van der Waals surface area contributed by atoms with Crippen LogP contribution < -0.4 is 10.0 Å². The molecule has 0 aliphatic carbocycles. The van der Waals surface area contributed by atoms with Gasteiger partial charge in [0.15, 0.2) is 0 Å². The van der Waals surface area contributed by atoms with Crippen LogP contribution in [0.3, 0.4) is 0 Å². The van der Waals surface area contributed by atoms with Crippen molar-refractivity contribution in [3.8, 4) is 0 Å². The lowest BCUT2D eigenvalue weighted by molar-refractivity contribution is -0.134. The van der Waals surface area contributed by atoms with Gasteiger partial charge in [-0.3, -0.25) is 4.72 Å². The Morgan fingerprint density at radius 2 is 1.76 bits per heavy atom. The third-order valence-corrected chi connectivity index (χ3v) is 4.05. The Kier molecular flexibility index (Phi) is 6.47. The molecule has 0 unspecified atom stereocenters. The van der Waals surface area contributed by atoms with E-state index in [-0.39, 0.29) is 0 Å². The van der Waals surface area contributed by atoms with Crippen molar-refractivity contribution in [1.82, 2.24) is 5.32 Å². The number of alkyl halides is 3. The van der Waals surface area contributed by atoms with Gasteiger partial charge in [0.1, 0.15) is 0 Å². The van der Waals surface area contributed by atoms with Crippen LogP contribution in [-0.2, 0) is 16.6 Å². The molecule has 0 saturated heterocycles. The molecule has 8 heteroatoms. The van der Waals surface area contributed by atoms with Gasteiger partial charge in [0.2, 0.25) is 10.0 Å². The molecule has 0 aliphatic heterocycles. The van der Waals surface area contributed by atoms with Crippen molar-refractivity contribution < 1.29 is 21.6 Å². The van der Waals surface area contributed by atoms with Crippen molar-refractivity contribution in [1.29, 1.82) is 0 Å². The van der Waals surface area contributed by atoms with Gasteiger partial charge in [0.25, 0.3) is 0 Å². The van der Waals surface area contributed by atoms with Crippen LogP contribution in [0.5, 0.6) is 0 Å². The van der Waals surface area contributed by atoms with Crippen molar-refractivity contribution in [3.05, 3.63) is 29.8 Å². The molecule has 4 nitrogen and oxygen atoms in total. The third kappa shape index (κ3) is 7.91. The summed E-state index contributed by atoms with van der Waals surface area (Å²) < 4.78 is 61.5. The number of halogens is 3. The van der Waals surface area contributed by atoms with Crippen molar-refractivity contribution in [2.45, 2.75) is 32.5 Å². The van der Waals surface area contributed by atoms with Crippen LogP contribution in [0.2, 0.25) is 0 Å². The Balaban J connectivity index is 2.51. The number of sulfonamides is 1. The van der Waals surface area contributed by atoms with E-state index in [1.807, 2.05) is 6.92 Å². The Hall–Kier alpha value is -1.28. The molecule has 0 aromatic heterocycles. The highest BCUT2D eigenvalue weighted by molar-refractivity contribution is 7.92. The maximum absolute atomic E-state index is 12.0. The highest BCUT2D eigenvalue weighted by Crippen LogP contribution is 2.22. The molecule has 0 radical (unpaired) electrons. The minimum Gasteiger partial charge on any atom is -0.313 e. The zero-order valence-corrected chi connectivity index (χ0v) is 12.5. The summed E-state index contributed by atoms with van der Waals surface area (Å²) in [4.78, 5) is 0. The molecule has 2 N–H and O–H groups in total. The molecule has 1 rings (SSSR count). The smallest absolute Gasteiger partial charge is 0.313 e. The molecule has 0 spiro atoms. The average molecular weight is 324 g/mol. The predicted octanol–water partition coefficient (Wildman–Crippen LogP) is 2.88. The third-order valence-electron chi connectivity index (χ3n) is 2.68. The van der Waals surface area contributed by atoms with Gasteiger partial charge in [0.05, 0.1) is 5.75 Å². The van der Waals surface area contributed by atoms with Crippen LogP contribution in [0.4, 0.5) is 18.9 Å². The summed E-state index contributed by atoms with van der Waals surface area (Å²) in [7, 11) is -3.75. The fourth-order valence-corrected chi connectivity index (χ4v) is 2.77. The van der Waals surface area contributed by atoms with Gasteiger partial charge < -0.3 is 5.32 Å². The zero-order chi connectivity index (χ0) is 15.9. The summed E-state index contributed by atoms with van der Waals surface area (Å²) in [5.41, 5.74) is 1.35. The van der Waals surface area contributed by atoms with Crippen LogP contribution >= 0.6 is 0 Å². The molecular weight excluding hydrogens is 305 g/mol. The summed E-state index contributed by atoms with van der Waals surface area (Å²) in [6.07, 6.45) is -5.88. The van der Waals surface area contributed by atoms with E-state index in [0.29, 0.717) is 12.2 Å². The molecule has 1 aromatic rings. The van der Waals surface area contributed by atoms with E-state index in [4.69, 9.17) is 0 Å². The highest BCUT2D eigenvalue weighted by atomic mass is 32.2. The molecule has 0 aliphatic rings. The zero-order valence-electron chi connectivity index (χ0n) is 11.7. The minimum atomic E-state index is -4.33. The molecular formula is C13H19F3N2O2S. The molecule has 1 aromatic carbocycles. The van der Waals surface area contributed by atoms with Gasteiger partial charge >= 0.3 is 6.18 Å². The first-order valence-corrected chi connectivity index (χ1v) is 8.24. The van der Waals surface area contributed by atoms with Crippen molar-refractivity contribution >= 4 is 15.7 Å².